The second-order valence-corrected chi connectivity index (χ2v) is 7.01. The smallest absolute Gasteiger partial charge is 0.133 e. The summed E-state index contributed by atoms with van der Waals surface area (Å²) in [7, 11) is 1.69. The molecule has 0 unspecified atom stereocenters. The van der Waals surface area contributed by atoms with Gasteiger partial charge >= 0.3 is 0 Å². The molecule has 0 aliphatic carbocycles. The molecule has 0 saturated carbocycles. The highest BCUT2D eigenvalue weighted by atomic mass is 79.9. The number of para-hydroxylation sites is 1. The van der Waals surface area contributed by atoms with Crippen LogP contribution in [-0.4, -0.2) is 23.4 Å². The minimum Gasteiger partial charge on any atom is -0.497 e. The van der Waals surface area contributed by atoms with Crippen molar-refractivity contribution < 1.29 is 4.74 Å². The summed E-state index contributed by atoms with van der Waals surface area (Å²) in [6, 6.07) is 16.3. The van der Waals surface area contributed by atoms with E-state index in [0.29, 0.717) is 0 Å². The third kappa shape index (κ3) is 3.04. The molecule has 0 saturated heterocycles. The summed E-state index contributed by atoms with van der Waals surface area (Å²) in [5.41, 5.74) is 4.50. The Balaban J connectivity index is 1.88. The molecule has 0 fully saturated rings. The van der Waals surface area contributed by atoms with Gasteiger partial charge in [-0.15, -0.1) is 0 Å². The molecule has 0 radical (unpaired) electrons. The molecule has 1 N–H and O–H groups in total. The van der Waals surface area contributed by atoms with Crippen molar-refractivity contribution in [1.29, 1.82) is 0 Å². The number of nitrogens with zero attached hydrogens (tertiary/aromatic N) is 2. The molecule has 0 bridgehead atoms. The lowest BCUT2D eigenvalue weighted by molar-refractivity contribution is 0.415. The number of aromatic nitrogens is 2. The molecule has 2 aromatic carbocycles. The van der Waals surface area contributed by atoms with Gasteiger partial charge in [-0.1, -0.05) is 12.1 Å². The van der Waals surface area contributed by atoms with Crippen LogP contribution in [0.5, 0.6) is 5.75 Å². The molecule has 2 heterocycles. The molecule has 128 valence electrons. The maximum atomic E-state index is 5.28. The zero-order valence-electron chi connectivity index (χ0n) is 14.1. The van der Waals surface area contributed by atoms with Gasteiger partial charge in [0.25, 0.3) is 0 Å². The average Bonchev–Trinajstić information content (AvgIpc) is 2.83. The first-order valence-corrected chi connectivity index (χ1v) is 9.32. The number of fused-ring (bicyclic) bond motifs is 1. The van der Waals surface area contributed by atoms with E-state index in [1.165, 1.54) is 18.4 Å². The van der Waals surface area contributed by atoms with Crippen molar-refractivity contribution in [1.82, 2.24) is 9.78 Å². The lowest BCUT2D eigenvalue weighted by atomic mass is 10.0. The van der Waals surface area contributed by atoms with Crippen molar-refractivity contribution in [3.8, 4) is 22.7 Å². The summed E-state index contributed by atoms with van der Waals surface area (Å²) in [4.78, 5) is 0. The monoisotopic (exact) mass is 397 g/mol. The normalized spacial score (nSPS) is 13.7. The van der Waals surface area contributed by atoms with Gasteiger partial charge in [-0.05, 0) is 71.6 Å². The summed E-state index contributed by atoms with van der Waals surface area (Å²) >= 11 is 3.66. The molecule has 4 rings (SSSR count). The van der Waals surface area contributed by atoms with E-state index >= 15 is 0 Å². The van der Waals surface area contributed by atoms with E-state index in [4.69, 9.17) is 9.84 Å². The van der Waals surface area contributed by atoms with Gasteiger partial charge in [-0.25, -0.2) is 4.68 Å². The van der Waals surface area contributed by atoms with E-state index in [1.54, 1.807) is 7.11 Å². The topological polar surface area (TPSA) is 39.1 Å². The van der Waals surface area contributed by atoms with E-state index < -0.39 is 0 Å². The van der Waals surface area contributed by atoms with Gasteiger partial charge < -0.3 is 10.1 Å². The van der Waals surface area contributed by atoms with Crippen molar-refractivity contribution in [3.63, 3.8) is 0 Å². The number of hydrogen-bond donors (Lipinski definition) is 1. The van der Waals surface area contributed by atoms with Crippen LogP contribution in [-0.2, 0) is 6.42 Å². The first-order chi connectivity index (χ1) is 12.3. The van der Waals surface area contributed by atoms with Gasteiger partial charge in [-0.3, -0.25) is 0 Å². The third-order valence-corrected chi connectivity index (χ3v) is 5.24. The fourth-order valence-electron chi connectivity index (χ4n) is 3.28. The molecule has 0 spiro atoms. The lowest BCUT2D eigenvalue weighted by Crippen LogP contribution is -2.07. The zero-order valence-corrected chi connectivity index (χ0v) is 15.7. The fraction of sp³-hybridized carbons (Fsp3) is 0.250. The average molecular weight is 398 g/mol. The van der Waals surface area contributed by atoms with Gasteiger partial charge in [0.2, 0.25) is 0 Å². The number of halogens is 1. The molecule has 0 atom stereocenters. The molecule has 4 nitrogen and oxygen atoms in total. The van der Waals surface area contributed by atoms with Crippen LogP contribution in [0.15, 0.2) is 53.0 Å². The van der Waals surface area contributed by atoms with Crippen LogP contribution in [0, 0.1) is 0 Å². The van der Waals surface area contributed by atoms with Crippen molar-refractivity contribution >= 4 is 21.7 Å². The molecule has 1 aliphatic heterocycles. The summed E-state index contributed by atoms with van der Waals surface area (Å²) in [6.07, 6.45) is 3.38. The van der Waals surface area contributed by atoms with Crippen LogP contribution in [0.3, 0.4) is 0 Å². The Kier molecular flexibility index (Phi) is 4.49. The maximum Gasteiger partial charge on any atom is 0.133 e. The first-order valence-electron chi connectivity index (χ1n) is 8.53. The number of hydrogen-bond acceptors (Lipinski definition) is 3. The number of anilines is 1. The van der Waals surface area contributed by atoms with E-state index in [0.717, 1.165) is 46.0 Å². The Morgan fingerprint density at radius 3 is 2.64 bits per heavy atom. The van der Waals surface area contributed by atoms with Crippen LogP contribution in [0.1, 0.15) is 18.4 Å². The summed E-state index contributed by atoms with van der Waals surface area (Å²) < 4.78 is 8.35. The molecule has 1 aromatic heterocycles. The lowest BCUT2D eigenvalue weighted by Gasteiger charge is -2.10. The van der Waals surface area contributed by atoms with Gasteiger partial charge in [0.05, 0.1) is 18.5 Å². The first kappa shape index (κ1) is 16.2. The highest BCUT2D eigenvalue weighted by Gasteiger charge is 2.22. The summed E-state index contributed by atoms with van der Waals surface area (Å²) in [5, 5.41) is 8.56. The SMILES string of the molecule is COc1ccc(-c2nn(-c3ccccc3Br)c3c2CCCCN3)cc1. The Hall–Kier alpha value is -2.27. The Morgan fingerprint density at radius 1 is 1.08 bits per heavy atom. The Morgan fingerprint density at radius 2 is 1.88 bits per heavy atom. The van der Waals surface area contributed by atoms with Crippen LogP contribution < -0.4 is 10.1 Å². The van der Waals surface area contributed by atoms with Crippen molar-refractivity contribution in [3.05, 3.63) is 58.6 Å². The van der Waals surface area contributed by atoms with Crippen LogP contribution in [0.2, 0.25) is 0 Å². The van der Waals surface area contributed by atoms with Gasteiger partial charge in [0.1, 0.15) is 11.6 Å². The zero-order chi connectivity index (χ0) is 17.2. The maximum absolute atomic E-state index is 5.28. The molecule has 1 aliphatic rings. The largest absolute Gasteiger partial charge is 0.497 e. The molecule has 0 amide bonds. The van der Waals surface area contributed by atoms with Crippen molar-refractivity contribution in [2.24, 2.45) is 0 Å². The number of ether oxygens (including phenoxy) is 1. The predicted molar refractivity (Wildman–Crippen MR) is 105 cm³/mol. The number of nitrogens with one attached hydrogen (secondary N) is 1. The third-order valence-electron chi connectivity index (χ3n) is 4.57. The highest BCUT2D eigenvalue weighted by Crippen LogP contribution is 2.35. The second-order valence-electron chi connectivity index (χ2n) is 6.15. The highest BCUT2D eigenvalue weighted by molar-refractivity contribution is 9.10. The number of benzene rings is 2. The summed E-state index contributed by atoms with van der Waals surface area (Å²) in [5.74, 6) is 1.97. The number of rotatable bonds is 3. The Labute approximate surface area is 156 Å². The van der Waals surface area contributed by atoms with Crippen molar-refractivity contribution in [2.45, 2.75) is 19.3 Å². The second kappa shape index (κ2) is 6.92. The van der Waals surface area contributed by atoms with Crippen LogP contribution in [0.25, 0.3) is 16.9 Å². The predicted octanol–water partition coefficient (Wildman–Crippen LogP) is 5.06. The molecule has 3 aromatic rings. The molecular weight excluding hydrogens is 378 g/mol. The molecule has 5 heteroatoms. The van der Waals surface area contributed by atoms with Crippen LogP contribution >= 0.6 is 15.9 Å². The van der Waals surface area contributed by atoms with E-state index in [2.05, 4.69) is 39.4 Å². The van der Waals surface area contributed by atoms with E-state index in [-0.39, 0.29) is 0 Å². The summed E-state index contributed by atoms with van der Waals surface area (Å²) in [6.45, 7) is 0.977. The van der Waals surface area contributed by atoms with Crippen LogP contribution in [0.4, 0.5) is 5.82 Å². The minimum absolute atomic E-state index is 0.859. The molecule has 25 heavy (non-hydrogen) atoms. The van der Waals surface area contributed by atoms with Gasteiger partial charge in [-0.2, -0.15) is 5.10 Å². The minimum atomic E-state index is 0.859. The van der Waals surface area contributed by atoms with Gasteiger partial charge in [0.15, 0.2) is 0 Å². The molecular formula is C20H20BrN3O. The standard InChI is InChI=1S/C20H20BrN3O/c1-25-15-11-9-14(10-12-15)19-16-6-4-5-13-22-20(16)24(23-19)18-8-3-2-7-17(18)21/h2-3,7-12,22H,4-6,13H2,1H3. The quantitative estimate of drug-likeness (QED) is 0.671. The number of methoxy groups -OCH3 is 1. The van der Waals surface area contributed by atoms with Gasteiger partial charge in [0, 0.05) is 22.1 Å². The fourth-order valence-corrected chi connectivity index (χ4v) is 3.73. The van der Waals surface area contributed by atoms with E-state index in [1.807, 2.05) is 35.0 Å². The van der Waals surface area contributed by atoms with E-state index in [9.17, 15) is 0 Å². The van der Waals surface area contributed by atoms with Crippen molar-refractivity contribution in [2.75, 3.05) is 19.0 Å². The Bertz CT molecular complexity index is 886.